The summed E-state index contributed by atoms with van der Waals surface area (Å²) in [7, 11) is 3.02. The summed E-state index contributed by atoms with van der Waals surface area (Å²) < 4.78 is 22.3. The summed E-state index contributed by atoms with van der Waals surface area (Å²) in [6, 6.07) is 9.12. The third kappa shape index (κ3) is 9.09. The van der Waals surface area contributed by atoms with E-state index in [-0.39, 0.29) is 66.5 Å². The highest BCUT2D eigenvalue weighted by molar-refractivity contribution is 6.33. The second-order valence-electron chi connectivity index (χ2n) is 17.8. The van der Waals surface area contributed by atoms with E-state index in [4.69, 9.17) is 21.3 Å². The van der Waals surface area contributed by atoms with Gasteiger partial charge in [-0.1, -0.05) is 11.6 Å². The third-order valence-electron chi connectivity index (χ3n) is 13.4. The number of rotatable bonds is 15. The molecule has 3 fully saturated rings. The third-order valence-corrected chi connectivity index (χ3v) is 13.7. The van der Waals surface area contributed by atoms with Crippen LogP contribution in [0.4, 0.5) is 27.5 Å². The van der Waals surface area contributed by atoms with Crippen LogP contribution in [0.1, 0.15) is 74.3 Å². The zero-order valence-corrected chi connectivity index (χ0v) is 37.5. The highest BCUT2D eigenvalue weighted by Gasteiger charge is 2.47. The van der Waals surface area contributed by atoms with Crippen LogP contribution in [0.15, 0.2) is 47.4 Å². The van der Waals surface area contributed by atoms with E-state index in [1.807, 2.05) is 32.0 Å². The van der Waals surface area contributed by atoms with Crippen LogP contribution in [0.5, 0.6) is 5.75 Å². The number of likely N-dealkylation sites (N-methyl/N-ethyl adjacent to an activating group) is 2. The number of ether oxygens (including phenoxy) is 1. The average Bonchev–Trinajstić information content (AvgIpc) is 3.60. The number of hydrogen-bond donors (Lipinski definition) is 3. The maximum atomic E-state index is 15.0. The van der Waals surface area contributed by atoms with Crippen molar-refractivity contribution in [2.24, 2.45) is 11.3 Å². The summed E-state index contributed by atoms with van der Waals surface area (Å²) in [5.74, 6) is 0.201. The lowest BCUT2D eigenvalue weighted by Crippen LogP contribution is -2.58. The van der Waals surface area contributed by atoms with Crippen molar-refractivity contribution in [1.82, 2.24) is 35.0 Å². The molecular weight excluding hydrogens is 843 g/mol. The SMILES string of the molecule is CNC(=O)COc1cc2cc(Nc3nc(N4CCN(CC5CCC6(CC5)CN(c5cc(F)cc7c5CN(C(CCC=O)C(=O)NC)C7=O)C6)CC4)ncc3Cl)ccc2n(C(C)C)c1=O. The molecule has 1 aliphatic carbocycles. The molecular formula is C46H56ClFN10O6. The quantitative estimate of drug-likeness (QED) is 0.138. The Morgan fingerprint density at radius 3 is 2.45 bits per heavy atom. The lowest BCUT2D eigenvalue weighted by molar-refractivity contribution is -0.125. The van der Waals surface area contributed by atoms with Gasteiger partial charge < -0.3 is 44.7 Å². The first-order valence-electron chi connectivity index (χ1n) is 22.1. The largest absolute Gasteiger partial charge is 0.478 e. The van der Waals surface area contributed by atoms with Gasteiger partial charge in [0.25, 0.3) is 17.4 Å². The number of piperazine rings is 1. The van der Waals surface area contributed by atoms with Gasteiger partial charge in [-0.15, -0.1) is 0 Å². The van der Waals surface area contributed by atoms with Gasteiger partial charge in [0.05, 0.1) is 11.7 Å². The van der Waals surface area contributed by atoms with Crippen LogP contribution >= 0.6 is 11.6 Å². The monoisotopic (exact) mass is 898 g/mol. The van der Waals surface area contributed by atoms with E-state index in [2.05, 4.69) is 35.6 Å². The first-order chi connectivity index (χ1) is 30.8. The fourth-order valence-electron chi connectivity index (χ4n) is 9.91. The normalized spacial score (nSPS) is 18.0. The van der Waals surface area contributed by atoms with Crippen LogP contribution in [0.3, 0.4) is 0 Å². The van der Waals surface area contributed by atoms with E-state index >= 15 is 0 Å². The number of benzene rings is 2. The fourth-order valence-corrected chi connectivity index (χ4v) is 10.1. The second-order valence-corrected chi connectivity index (χ2v) is 18.3. The maximum absolute atomic E-state index is 15.0. The zero-order valence-electron chi connectivity index (χ0n) is 36.8. The molecule has 1 spiro atoms. The van der Waals surface area contributed by atoms with E-state index < -0.39 is 11.9 Å². The first kappa shape index (κ1) is 44.8. The number of carbonyl (C=O) groups is 4. The number of halogens is 2. The van der Waals surface area contributed by atoms with Crippen molar-refractivity contribution >= 4 is 69.7 Å². The number of pyridine rings is 1. The van der Waals surface area contributed by atoms with E-state index in [9.17, 15) is 28.4 Å². The molecule has 0 radical (unpaired) electrons. The Balaban J connectivity index is 0.843. The van der Waals surface area contributed by atoms with Crippen molar-refractivity contribution in [2.75, 3.05) is 81.6 Å². The molecule has 3 aliphatic heterocycles. The molecule has 2 aromatic carbocycles. The summed E-state index contributed by atoms with van der Waals surface area (Å²) in [6.07, 6.45) is 7.14. The van der Waals surface area contributed by atoms with Gasteiger partial charge in [0, 0.05) is 112 Å². The minimum Gasteiger partial charge on any atom is -0.478 e. The molecule has 8 rings (SSSR count). The van der Waals surface area contributed by atoms with Gasteiger partial charge in [-0.05, 0) is 88.3 Å². The summed E-state index contributed by atoms with van der Waals surface area (Å²) in [5, 5.41) is 9.56. The lowest BCUT2D eigenvalue weighted by atomic mass is 9.65. The van der Waals surface area contributed by atoms with Gasteiger partial charge in [0.2, 0.25) is 11.9 Å². The maximum Gasteiger partial charge on any atom is 0.293 e. The van der Waals surface area contributed by atoms with Crippen molar-refractivity contribution in [3.8, 4) is 5.75 Å². The number of aldehydes is 1. The molecule has 2 saturated heterocycles. The molecule has 2 aromatic heterocycles. The number of fused-ring (bicyclic) bond motifs is 2. The highest BCUT2D eigenvalue weighted by Crippen LogP contribution is 2.49. The Kier molecular flexibility index (Phi) is 13.1. The van der Waals surface area contributed by atoms with Crippen molar-refractivity contribution in [1.29, 1.82) is 0 Å². The minimum atomic E-state index is -0.800. The molecule has 3 N–H and O–H groups in total. The zero-order chi connectivity index (χ0) is 45.3. The molecule has 4 aliphatic rings. The molecule has 340 valence electrons. The van der Waals surface area contributed by atoms with Crippen molar-refractivity contribution < 1.29 is 28.3 Å². The van der Waals surface area contributed by atoms with Gasteiger partial charge >= 0.3 is 0 Å². The standard InChI is InChI=1S/C46H56ClFN10O6/c1-28(2)58-36-8-7-32(18-30(36)19-39(44(58)63)64-25-40(60)49-3)52-41-35(47)22-51-45(53-41)55-15-13-54(14-16-55)23-29-9-11-46(12-10-29)26-56(27-46)38-21-31(48)20-33-34(38)24-57(43(33)62)37(6-5-17-59)42(61)50-4/h7-8,17-22,28-29,37H,5-6,9-16,23-27H2,1-4H3,(H,49,60)(H,50,61)(H,51,52,53). The number of carbonyl (C=O) groups excluding carboxylic acids is 4. The van der Waals surface area contributed by atoms with Gasteiger partial charge in [-0.2, -0.15) is 4.98 Å². The number of anilines is 4. The molecule has 64 heavy (non-hydrogen) atoms. The van der Waals surface area contributed by atoms with E-state index in [0.717, 1.165) is 99.9 Å². The predicted octanol–water partition coefficient (Wildman–Crippen LogP) is 4.90. The van der Waals surface area contributed by atoms with Gasteiger partial charge in [0.15, 0.2) is 18.2 Å². The lowest BCUT2D eigenvalue weighted by Gasteiger charge is -2.55. The van der Waals surface area contributed by atoms with Crippen LogP contribution in [0.2, 0.25) is 5.02 Å². The Labute approximate surface area is 376 Å². The molecule has 5 heterocycles. The summed E-state index contributed by atoms with van der Waals surface area (Å²) in [4.78, 5) is 80.2. The Bertz CT molecular complexity index is 2500. The topological polar surface area (TPSA) is 174 Å². The molecule has 0 bridgehead atoms. The van der Waals surface area contributed by atoms with Crippen molar-refractivity contribution in [2.45, 2.75) is 71.0 Å². The number of nitrogens with zero attached hydrogens (tertiary/aromatic N) is 7. The van der Waals surface area contributed by atoms with Crippen molar-refractivity contribution in [3.63, 3.8) is 0 Å². The number of aromatic nitrogens is 3. The van der Waals surface area contributed by atoms with Gasteiger partial charge in [0.1, 0.15) is 23.2 Å². The summed E-state index contributed by atoms with van der Waals surface area (Å²) in [5.41, 5.74) is 3.06. The molecule has 4 aromatic rings. The van der Waals surface area contributed by atoms with Gasteiger partial charge in [-0.3, -0.25) is 24.1 Å². The number of hydrogen-bond acceptors (Lipinski definition) is 12. The van der Waals surface area contributed by atoms with E-state index in [1.54, 1.807) is 16.8 Å². The predicted molar refractivity (Wildman–Crippen MR) is 243 cm³/mol. The number of nitrogens with one attached hydrogen (secondary N) is 3. The second kappa shape index (κ2) is 18.7. The average molecular weight is 899 g/mol. The summed E-state index contributed by atoms with van der Waals surface area (Å²) in [6.45, 7) is 9.72. The smallest absolute Gasteiger partial charge is 0.293 e. The fraction of sp³-hybridized carbons (Fsp3) is 0.500. The highest BCUT2D eigenvalue weighted by atomic mass is 35.5. The van der Waals surface area contributed by atoms with Crippen LogP contribution in [-0.2, 0) is 20.9 Å². The molecule has 3 amide bonds. The number of amides is 3. The van der Waals surface area contributed by atoms with Crippen LogP contribution in [-0.4, -0.2) is 121 Å². The van der Waals surface area contributed by atoms with Crippen LogP contribution in [0, 0.1) is 17.2 Å². The molecule has 1 unspecified atom stereocenters. The molecule has 18 heteroatoms. The van der Waals surface area contributed by atoms with Crippen LogP contribution < -0.4 is 36.0 Å². The van der Waals surface area contributed by atoms with E-state index in [1.165, 1.54) is 31.1 Å². The van der Waals surface area contributed by atoms with E-state index in [0.29, 0.717) is 34.0 Å². The molecule has 16 nitrogen and oxygen atoms in total. The molecule has 1 atom stereocenters. The first-order valence-corrected chi connectivity index (χ1v) is 22.5. The molecule has 1 saturated carbocycles. The Morgan fingerprint density at radius 1 is 1.02 bits per heavy atom. The van der Waals surface area contributed by atoms with Crippen molar-refractivity contribution in [3.05, 3.63) is 74.9 Å². The minimum absolute atomic E-state index is 0.0873. The van der Waals surface area contributed by atoms with Gasteiger partial charge in [-0.25, -0.2) is 9.37 Å². The summed E-state index contributed by atoms with van der Waals surface area (Å²) >= 11 is 6.61. The Morgan fingerprint density at radius 2 is 1.77 bits per heavy atom. The Hall–Kier alpha value is -5.81. The van der Waals surface area contributed by atoms with Crippen LogP contribution in [0.25, 0.3) is 10.9 Å².